The van der Waals surface area contributed by atoms with E-state index in [0.29, 0.717) is 29.0 Å². The molecule has 3 rings (SSSR count). The molecule has 0 saturated heterocycles. The third-order valence-corrected chi connectivity index (χ3v) is 4.29. The van der Waals surface area contributed by atoms with Crippen molar-refractivity contribution in [2.45, 2.75) is 13.8 Å². The number of nitrogens with one attached hydrogen (secondary N) is 1. The molecular formula is C22H21N3O5. The maximum Gasteiger partial charge on any atom is 0.344 e. The van der Waals surface area contributed by atoms with E-state index in [-0.39, 0.29) is 6.61 Å². The highest BCUT2D eigenvalue weighted by Gasteiger charge is 2.16. The van der Waals surface area contributed by atoms with Crippen molar-refractivity contribution in [3.8, 4) is 11.4 Å². The predicted molar refractivity (Wildman–Crippen MR) is 110 cm³/mol. The summed E-state index contributed by atoms with van der Waals surface area (Å²) in [6.45, 7) is 2.84. The standard InChI is InChI=1S/C22H21N3O5/c1-15-22(16(2)25(24-15)18-6-4-3-5-7-18)23-20(27)13-30-21(28)14-29-19-10-8-17(12-26)9-11-19/h3-12H,13-14H2,1-2H3,(H,23,27). The van der Waals surface area contributed by atoms with Crippen molar-refractivity contribution in [2.75, 3.05) is 18.5 Å². The number of esters is 1. The van der Waals surface area contributed by atoms with Gasteiger partial charge in [-0.05, 0) is 50.2 Å². The number of aryl methyl sites for hydroxylation is 1. The SMILES string of the molecule is Cc1nn(-c2ccccc2)c(C)c1NC(=O)COC(=O)COc1ccc(C=O)cc1. The first-order valence-corrected chi connectivity index (χ1v) is 9.23. The minimum Gasteiger partial charge on any atom is -0.482 e. The number of nitrogens with zero attached hydrogens (tertiary/aromatic N) is 2. The lowest BCUT2D eigenvalue weighted by atomic mass is 10.2. The van der Waals surface area contributed by atoms with Gasteiger partial charge in [-0.1, -0.05) is 18.2 Å². The number of amides is 1. The van der Waals surface area contributed by atoms with Gasteiger partial charge in [0, 0.05) is 5.56 Å². The van der Waals surface area contributed by atoms with Crippen LogP contribution in [0.3, 0.4) is 0 Å². The minimum absolute atomic E-state index is 0.349. The molecular weight excluding hydrogens is 386 g/mol. The van der Waals surface area contributed by atoms with Gasteiger partial charge in [0.1, 0.15) is 12.0 Å². The summed E-state index contributed by atoms with van der Waals surface area (Å²) < 4.78 is 12.0. The highest BCUT2D eigenvalue weighted by atomic mass is 16.6. The number of para-hydroxylation sites is 1. The van der Waals surface area contributed by atoms with Crippen molar-refractivity contribution in [1.82, 2.24) is 9.78 Å². The van der Waals surface area contributed by atoms with E-state index in [1.165, 1.54) is 0 Å². The van der Waals surface area contributed by atoms with Crippen molar-refractivity contribution < 1.29 is 23.9 Å². The highest BCUT2D eigenvalue weighted by molar-refractivity contribution is 5.94. The molecule has 0 aliphatic carbocycles. The van der Waals surface area contributed by atoms with Crippen LogP contribution in [-0.4, -0.2) is 41.2 Å². The average molecular weight is 407 g/mol. The summed E-state index contributed by atoms with van der Waals surface area (Å²) in [4.78, 5) is 34.7. The maximum atomic E-state index is 12.2. The van der Waals surface area contributed by atoms with E-state index in [0.717, 1.165) is 11.4 Å². The molecule has 154 valence electrons. The minimum atomic E-state index is -0.682. The number of carbonyl (C=O) groups excluding carboxylic acids is 3. The van der Waals surface area contributed by atoms with Gasteiger partial charge >= 0.3 is 5.97 Å². The van der Waals surface area contributed by atoms with E-state index in [9.17, 15) is 14.4 Å². The second-order valence-electron chi connectivity index (χ2n) is 6.48. The molecule has 0 saturated carbocycles. The fraction of sp³-hybridized carbons (Fsp3) is 0.182. The van der Waals surface area contributed by atoms with Gasteiger partial charge in [0.25, 0.3) is 5.91 Å². The van der Waals surface area contributed by atoms with Gasteiger partial charge in [-0.15, -0.1) is 0 Å². The van der Waals surface area contributed by atoms with Crippen molar-refractivity contribution in [2.24, 2.45) is 0 Å². The molecule has 8 nitrogen and oxygen atoms in total. The van der Waals surface area contributed by atoms with Gasteiger partial charge in [0.15, 0.2) is 13.2 Å². The molecule has 3 aromatic rings. The molecule has 0 aliphatic heterocycles. The van der Waals surface area contributed by atoms with Crippen molar-refractivity contribution in [1.29, 1.82) is 0 Å². The third kappa shape index (κ3) is 5.11. The van der Waals surface area contributed by atoms with Crippen LogP contribution < -0.4 is 10.1 Å². The summed E-state index contributed by atoms with van der Waals surface area (Å²) in [5.41, 5.74) is 3.37. The van der Waals surface area contributed by atoms with Gasteiger partial charge in [-0.2, -0.15) is 5.10 Å². The molecule has 0 atom stereocenters. The second-order valence-corrected chi connectivity index (χ2v) is 6.48. The van der Waals surface area contributed by atoms with E-state index in [1.54, 1.807) is 35.9 Å². The molecule has 0 aliphatic rings. The van der Waals surface area contributed by atoms with Crippen LogP contribution in [0.15, 0.2) is 54.6 Å². The van der Waals surface area contributed by atoms with Crippen molar-refractivity contribution in [3.05, 3.63) is 71.5 Å². The van der Waals surface area contributed by atoms with Crippen LogP contribution in [0.25, 0.3) is 5.69 Å². The number of aromatic nitrogens is 2. The molecule has 1 N–H and O–H groups in total. The lowest BCUT2D eigenvalue weighted by molar-refractivity contribution is -0.149. The number of hydrogen-bond acceptors (Lipinski definition) is 6. The smallest absolute Gasteiger partial charge is 0.344 e. The Morgan fingerprint density at radius 3 is 2.40 bits per heavy atom. The summed E-state index contributed by atoms with van der Waals surface area (Å²) >= 11 is 0. The Morgan fingerprint density at radius 2 is 1.73 bits per heavy atom. The summed E-state index contributed by atoms with van der Waals surface area (Å²) in [6, 6.07) is 15.8. The van der Waals surface area contributed by atoms with Crippen LogP contribution in [0.4, 0.5) is 5.69 Å². The Labute approximate surface area is 173 Å². The molecule has 30 heavy (non-hydrogen) atoms. The summed E-state index contributed by atoms with van der Waals surface area (Å²) in [6.07, 6.45) is 0.712. The Hall–Kier alpha value is -3.94. The van der Waals surface area contributed by atoms with Gasteiger partial charge in [-0.25, -0.2) is 9.48 Å². The topological polar surface area (TPSA) is 99.5 Å². The van der Waals surface area contributed by atoms with Gasteiger partial charge < -0.3 is 14.8 Å². The Morgan fingerprint density at radius 1 is 1.03 bits per heavy atom. The molecule has 0 bridgehead atoms. The molecule has 0 spiro atoms. The Kier molecular flexibility index (Phi) is 6.59. The van der Waals surface area contributed by atoms with E-state index in [2.05, 4.69) is 10.4 Å². The monoisotopic (exact) mass is 407 g/mol. The molecule has 0 fully saturated rings. The zero-order valence-corrected chi connectivity index (χ0v) is 16.6. The van der Waals surface area contributed by atoms with Crippen LogP contribution in [0.5, 0.6) is 5.75 Å². The summed E-state index contributed by atoms with van der Waals surface area (Å²) in [5, 5.41) is 7.19. The number of anilines is 1. The van der Waals surface area contributed by atoms with E-state index < -0.39 is 18.5 Å². The zero-order chi connectivity index (χ0) is 21.5. The van der Waals surface area contributed by atoms with E-state index >= 15 is 0 Å². The summed E-state index contributed by atoms with van der Waals surface area (Å²) in [7, 11) is 0. The molecule has 1 aromatic heterocycles. The van der Waals surface area contributed by atoms with Crippen molar-refractivity contribution >= 4 is 23.9 Å². The lowest BCUT2D eigenvalue weighted by Gasteiger charge is -2.09. The Balaban J connectivity index is 1.51. The predicted octanol–water partition coefficient (Wildman–Crippen LogP) is 2.86. The van der Waals surface area contributed by atoms with Crippen LogP contribution in [0.1, 0.15) is 21.7 Å². The molecule has 0 unspecified atom stereocenters. The van der Waals surface area contributed by atoms with Crippen LogP contribution in [0.2, 0.25) is 0 Å². The number of ether oxygens (including phenoxy) is 2. The fourth-order valence-corrected chi connectivity index (χ4v) is 2.79. The zero-order valence-electron chi connectivity index (χ0n) is 16.6. The number of benzene rings is 2. The van der Waals surface area contributed by atoms with Crippen molar-refractivity contribution in [3.63, 3.8) is 0 Å². The number of aldehydes is 1. The van der Waals surface area contributed by atoms with Crippen LogP contribution in [-0.2, 0) is 14.3 Å². The van der Waals surface area contributed by atoms with E-state index in [1.807, 2.05) is 37.3 Å². The first-order chi connectivity index (χ1) is 14.5. The van der Waals surface area contributed by atoms with Gasteiger partial charge in [0.05, 0.1) is 22.8 Å². The largest absolute Gasteiger partial charge is 0.482 e. The average Bonchev–Trinajstić information content (AvgIpc) is 3.05. The third-order valence-electron chi connectivity index (χ3n) is 4.29. The molecule has 1 amide bonds. The van der Waals surface area contributed by atoms with Gasteiger partial charge in [-0.3, -0.25) is 9.59 Å². The Bertz CT molecular complexity index is 1040. The first-order valence-electron chi connectivity index (χ1n) is 9.23. The van der Waals surface area contributed by atoms with E-state index in [4.69, 9.17) is 9.47 Å². The lowest BCUT2D eigenvalue weighted by Crippen LogP contribution is -2.24. The normalized spacial score (nSPS) is 10.3. The highest BCUT2D eigenvalue weighted by Crippen LogP contribution is 2.22. The molecule has 2 aromatic carbocycles. The summed E-state index contributed by atoms with van der Waals surface area (Å²) in [5.74, 6) is -0.739. The maximum absolute atomic E-state index is 12.2. The number of hydrogen-bond donors (Lipinski definition) is 1. The molecule has 0 radical (unpaired) electrons. The van der Waals surface area contributed by atoms with Crippen LogP contribution >= 0.6 is 0 Å². The molecule has 8 heteroatoms. The van der Waals surface area contributed by atoms with Crippen LogP contribution in [0, 0.1) is 13.8 Å². The molecule has 1 heterocycles. The first kappa shape index (κ1) is 20.8. The fourth-order valence-electron chi connectivity index (χ4n) is 2.79. The number of rotatable bonds is 8. The van der Waals surface area contributed by atoms with Gasteiger partial charge in [0.2, 0.25) is 0 Å². The quantitative estimate of drug-likeness (QED) is 0.455. The number of carbonyl (C=O) groups is 3. The second kappa shape index (κ2) is 9.51.